The number of rotatable bonds is 3. The van der Waals surface area contributed by atoms with Gasteiger partial charge in [-0.2, -0.15) is 15.5 Å². The fourth-order valence-electron chi connectivity index (χ4n) is 2.02. The number of nitriles is 2. The molecule has 0 aromatic carbocycles. The molecule has 6 nitrogen and oxygen atoms in total. The Hall–Kier alpha value is -1.89. The van der Waals surface area contributed by atoms with Crippen LogP contribution < -0.4 is 10.1 Å². The molecular weight excluding hydrogens is 266 g/mol. The lowest BCUT2D eigenvalue weighted by Gasteiger charge is -2.29. The largest absolute Gasteiger partial charge is 0.474 e. The molecule has 0 unspecified atom stereocenters. The minimum atomic E-state index is -0.0305. The van der Waals surface area contributed by atoms with Crippen molar-refractivity contribution in [3.63, 3.8) is 0 Å². The first-order valence-electron chi connectivity index (χ1n) is 5.93. The quantitative estimate of drug-likeness (QED) is 0.840. The Kier molecular flexibility index (Phi) is 4.51. The van der Waals surface area contributed by atoms with E-state index in [-0.39, 0.29) is 23.1 Å². The minimum absolute atomic E-state index is 0.00925. The average Bonchev–Trinajstić information content (AvgIpc) is 2.39. The molecule has 1 fully saturated rings. The van der Waals surface area contributed by atoms with E-state index in [0.29, 0.717) is 12.3 Å². The lowest BCUT2D eigenvalue weighted by Crippen LogP contribution is -2.42. The van der Waals surface area contributed by atoms with E-state index in [0.717, 1.165) is 19.4 Å². The van der Waals surface area contributed by atoms with E-state index in [1.165, 1.54) is 6.07 Å². The van der Waals surface area contributed by atoms with Crippen LogP contribution in [0, 0.1) is 22.7 Å². The molecule has 1 aliphatic rings. The van der Waals surface area contributed by atoms with E-state index in [9.17, 15) is 0 Å². The lowest BCUT2D eigenvalue weighted by atomic mass is 10.00. The summed E-state index contributed by atoms with van der Waals surface area (Å²) in [5, 5.41) is 20.9. The molecule has 0 radical (unpaired) electrons. The maximum absolute atomic E-state index is 8.77. The topological polar surface area (TPSA) is 94.6 Å². The van der Waals surface area contributed by atoms with E-state index >= 15 is 0 Å². The van der Waals surface area contributed by atoms with Crippen molar-refractivity contribution >= 4 is 11.6 Å². The number of ether oxygens (including phenoxy) is 1. The van der Waals surface area contributed by atoms with Gasteiger partial charge < -0.3 is 10.1 Å². The Morgan fingerprint density at radius 3 is 3.05 bits per heavy atom. The number of nitrogens with zero attached hydrogens (tertiary/aromatic N) is 4. The van der Waals surface area contributed by atoms with Crippen molar-refractivity contribution in [3.8, 4) is 18.0 Å². The Labute approximate surface area is 116 Å². The summed E-state index contributed by atoms with van der Waals surface area (Å²) in [6, 6.07) is 5.60. The van der Waals surface area contributed by atoms with Crippen LogP contribution in [0.1, 0.15) is 25.1 Å². The second kappa shape index (κ2) is 6.33. The molecule has 98 valence electrons. The van der Waals surface area contributed by atoms with Crippen molar-refractivity contribution in [2.45, 2.75) is 31.4 Å². The van der Waals surface area contributed by atoms with Gasteiger partial charge >= 0.3 is 0 Å². The summed E-state index contributed by atoms with van der Waals surface area (Å²) >= 11 is 5.79. The molecule has 2 atom stereocenters. The highest BCUT2D eigenvalue weighted by molar-refractivity contribution is 6.29. The van der Waals surface area contributed by atoms with Crippen molar-refractivity contribution < 1.29 is 4.74 Å². The van der Waals surface area contributed by atoms with Crippen LogP contribution >= 0.6 is 11.6 Å². The maximum atomic E-state index is 8.77. The molecule has 1 aromatic heterocycles. The molecule has 0 saturated carbocycles. The van der Waals surface area contributed by atoms with Crippen LogP contribution in [0.25, 0.3) is 0 Å². The van der Waals surface area contributed by atoms with Gasteiger partial charge in [0.1, 0.15) is 17.3 Å². The van der Waals surface area contributed by atoms with Gasteiger partial charge in [-0.1, -0.05) is 11.6 Å². The van der Waals surface area contributed by atoms with Crippen LogP contribution in [0.2, 0.25) is 5.15 Å². The fourth-order valence-corrected chi connectivity index (χ4v) is 2.19. The number of piperidine rings is 1. The zero-order valence-electron chi connectivity index (χ0n) is 10.1. The Morgan fingerprint density at radius 1 is 1.47 bits per heavy atom. The van der Waals surface area contributed by atoms with Gasteiger partial charge in [0.15, 0.2) is 0 Å². The average molecular weight is 278 g/mol. The van der Waals surface area contributed by atoms with Gasteiger partial charge in [0.2, 0.25) is 11.7 Å². The molecule has 2 heterocycles. The molecule has 0 spiro atoms. The monoisotopic (exact) mass is 277 g/mol. The first-order chi connectivity index (χ1) is 9.21. The summed E-state index contributed by atoms with van der Waals surface area (Å²) in [7, 11) is 0. The highest BCUT2D eigenvalue weighted by atomic mass is 35.5. The number of hydrogen-bond acceptors (Lipinski definition) is 6. The smallest absolute Gasteiger partial charge is 0.236 e. The van der Waals surface area contributed by atoms with Crippen molar-refractivity contribution in [2.75, 3.05) is 6.54 Å². The fraction of sp³-hybridized carbons (Fsp3) is 0.500. The van der Waals surface area contributed by atoms with Gasteiger partial charge in [0.05, 0.1) is 12.5 Å². The van der Waals surface area contributed by atoms with Crippen molar-refractivity contribution in [1.82, 2.24) is 15.3 Å². The van der Waals surface area contributed by atoms with Crippen molar-refractivity contribution in [2.24, 2.45) is 0 Å². The Balaban J connectivity index is 2.03. The van der Waals surface area contributed by atoms with Crippen LogP contribution in [0.15, 0.2) is 6.07 Å². The molecule has 0 bridgehead atoms. The van der Waals surface area contributed by atoms with Crippen LogP contribution in [0.4, 0.5) is 0 Å². The second-order valence-corrected chi connectivity index (χ2v) is 4.63. The Morgan fingerprint density at radius 2 is 2.32 bits per heavy atom. The summed E-state index contributed by atoms with van der Waals surface area (Å²) in [6.07, 6.45) is 1.98. The van der Waals surface area contributed by atoms with E-state index in [1.807, 2.05) is 6.07 Å². The van der Waals surface area contributed by atoms with Crippen molar-refractivity contribution in [3.05, 3.63) is 17.0 Å². The minimum Gasteiger partial charge on any atom is -0.474 e. The zero-order valence-corrected chi connectivity index (χ0v) is 10.9. The molecule has 2 rings (SSSR count). The van der Waals surface area contributed by atoms with Crippen LogP contribution in [-0.4, -0.2) is 28.7 Å². The molecule has 1 saturated heterocycles. The molecule has 1 N–H and O–H groups in total. The molecule has 1 aromatic rings. The number of aromatic nitrogens is 2. The van der Waals surface area contributed by atoms with Gasteiger partial charge in [-0.05, 0) is 13.0 Å². The van der Waals surface area contributed by atoms with Crippen LogP contribution in [0.3, 0.4) is 0 Å². The SMILES string of the molecule is N#CC[C@@H]1C[C@@H](Oc2cc(Cl)nc(C#N)n2)CCN1. The Bertz CT molecular complexity index is 536. The van der Waals surface area contributed by atoms with Gasteiger partial charge in [-0.3, -0.25) is 0 Å². The predicted molar refractivity (Wildman–Crippen MR) is 67.4 cm³/mol. The van der Waals surface area contributed by atoms with E-state index in [1.54, 1.807) is 0 Å². The zero-order chi connectivity index (χ0) is 13.7. The van der Waals surface area contributed by atoms with Crippen molar-refractivity contribution in [1.29, 1.82) is 10.5 Å². The molecular formula is C12H12ClN5O. The number of halogens is 1. The van der Waals surface area contributed by atoms with E-state index < -0.39 is 0 Å². The first kappa shape index (κ1) is 13.5. The van der Waals surface area contributed by atoms with E-state index in [4.69, 9.17) is 26.9 Å². The van der Waals surface area contributed by atoms with Gasteiger partial charge in [-0.25, -0.2) is 4.98 Å². The summed E-state index contributed by atoms with van der Waals surface area (Å²) < 4.78 is 5.72. The van der Waals surface area contributed by atoms with E-state index in [2.05, 4.69) is 21.4 Å². The highest BCUT2D eigenvalue weighted by Gasteiger charge is 2.23. The highest BCUT2D eigenvalue weighted by Crippen LogP contribution is 2.20. The summed E-state index contributed by atoms with van der Waals surface area (Å²) in [5.74, 6) is 0.296. The standard InChI is InChI=1S/C12H12ClN5O/c13-10-6-12(18-11(7-15)17-10)19-9-2-4-16-8(5-9)1-3-14/h6,8-9,16H,1-2,4-5H2/t8-,9+/m1/s1. The first-order valence-corrected chi connectivity index (χ1v) is 6.30. The molecule has 7 heteroatoms. The van der Waals surface area contributed by atoms with Gasteiger partial charge in [0.25, 0.3) is 0 Å². The molecule has 1 aliphatic heterocycles. The van der Waals surface area contributed by atoms with Gasteiger partial charge in [0, 0.05) is 18.5 Å². The normalized spacial score (nSPS) is 22.3. The number of hydrogen-bond donors (Lipinski definition) is 1. The predicted octanol–water partition coefficient (Wildman–Crippen LogP) is 1.41. The lowest BCUT2D eigenvalue weighted by molar-refractivity contribution is 0.135. The summed E-state index contributed by atoms with van der Waals surface area (Å²) in [5.41, 5.74) is 0. The maximum Gasteiger partial charge on any atom is 0.236 e. The van der Waals surface area contributed by atoms with Crippen LogP contribution in [-0.2, 0) is 0 Å². The third-order valence-corrected chi connectivity index (χ3v) is 3.04. The second-order valence-electron chi connectivity index (χ2n) is 4.24. The third kappa shape index (κ3) is 3.78. The molecule has 19 heavy (non-hydrogen) atoms. The van der Waals surface area contributed by atoms with Gasteiger partial charge in [-0.15, -0.1) is 0 Å². The molecule has 0 aliphatic carbocycles. The summed E-state index contributed by atoms with van der Waals surface area (Å²) in [4.78, 5) is 7.70. The summed E-state index contributed by atoms with van der Waals surface area (Å²) in [6.45, 7) is 0.793. The number of nitrogens with one attached hydrogen (secondary N) is 1. The molecule has 0 amide bonds. The van der Waals surface area contributed by atoms with Crippen LogP contribution in [0.5, 0.6) is 5.88 Å². The third-order valence-electron chi connectivity index (χ3n) is 2.84.